The molecule has 1 aromatic carbocycles. The Morgan fingerprint density at radius 2 is 1.89 bits per heavy atom. The molecule has 3 rings (SSSR count). The molecule has 0 radical (unpaired) electrons. The van der Waals surface area contributed by atoms with E-state index in [-0.39, 0.29) is 29.2 Å². The van der Waals surface area contributed by atoms with E-state index in [2.05, 4.69) is 15.8 Å². The van der Waals surface area contributed by atoms with Crippen molar-refractivity contribution in [1.82, 2.24) is 9.46 Å². The molecule has 1 heterocycles. The summed E-state index contributed by atoms with van der Waals surface area (Å²) in [5, 5.41) is 8.78. The largest absolute Gasteiger partial charge is 0.360 e. The van der Waals surface area contributed by atoms with Gasteiger partial charge < -0.3 is 15.2 Å². The van der Waals surface area contributed by atoms with Crippen molar-refractivity contribution in [2.45, 2.75) is 37.6 Å². The van der Waals surface area contributed by atoms with Gasteiger partial charge >= 0.3 is 0 Å². The Bertz CT molecular complexity index is 948. The number of aryl methyl sites for hydroxylation is 1. The number of amides is 2. The van der Waals surface area contributed by atoms with Crippen molar-refractivity contribution < 1.29 is 22.5 Å². The molecule has 1 aliphatic rings. The Morgan fingerprint density at radius 3 is 2.41 bits per heavy atom. The number of benzene rings is 1. The highest BCUT2D eigenvalue weighted by Gasteiger charge is 2.39. The number of carbonyl (C=O) groups is 2. The fraction of sp³-hybridized carbons (Fsp3) is 0.353. The van der Waals surface area contributed by atoms with Gasteiger partial charge in [0.25, 0.3) is 0 Å². The van der Waals surface area contributed by atoms with Crippen LogP contribution >= 0.6 is 0 Å². The fourth-order valence-electron chi connectivity index (χ4n) is 2.57. The van der Waals surface area contributed by atoms with Crippen LogP contribution in [0, 0.1) is 6.92 Å². The van der Waals surface area contributed by atoms with E-state index in [1.807, 2.05) is 0 Å². The summed E-state index contributed by atoms with van der Waals surface area (Å²) in [6.45, 7) is 2.75. The minimum absolute atomic E-state index is 0.0635. The quantitative estimate of drug-likeness (QED) is 0.740. The topological polar surface area (TPSA) is 122 Å². The number of aromatic nitrogens is 1. The monoisotopic (exact) mass is 392 g/mol. The molecule has 0 unspecified atom stereocenters. The average Bonchev–Trinajstić information content (AvgIpc) is 3.35. The lowest BCUT2D eigenvalue weighted by Gasteiger charge is -2.21. The fourth-order valence-corrected chi connectivity index (χ4v) is 4.21. The van der Waals surface area contributed by atoms with Crippen LogP contribution in [0.3, 0.4) is 0 Å². The maximum absolute atomic E-state index is 13.0. The van der Waals surface area contributed by atoms with Crippen LogP contribution in [0.15, 0.2) is 39.8 Å². The molecular formula is C17H20N4O5S. The zero-order valence-electron chi connectivity index (χ0n) is 14.9. The van der Waals surface area contributed by atoms with E-state index in [4.69, 9.17) is 4.52 Å². The Hall–Kier alpha value is -2.72. The molecular weight excluding hydrogens is 372 g/mol. The summed E-state index contributed by atoms with van der Waals surface area (Å²) in [4.78, 5) is 23.4. The number of sulfonamides is 1. The Balaban J connectivity index is 1.75. The summed E-state index contributed by atoms with van der Waals surface area (Å²) in [5.74, 6) is 0.0418. The van der Waals surface area contributed by atoms with Crippen molar-refractivity contribution >= 4 is 33.3 Å². The van der Waals surface area contributed by atoms with Gasteiger partial charge in [-0.15, -0.1) is 0 Å². The van der Waals surface area contributed by atoms with Gasteiger partial charge in [0.15, 0.2) is 5.82 Å². The molecule has 1 saturated carbocycles. The molecule has 0 spiro atoms. The molecule has 0 saturated heterocycles. The molecule has 1 aliphatic carbocycles. The van der Waals surface area contributed by atoms with E-state index in [0.717, 1.165) is 0 Å². The lowest BCUT2D eigenvalue weighted by Crippen LogP contribution is -2.39. The van der Waals surface area contributed by atoms with E-state index < -0.39 is 15.9 Å². The Morgan fingerprint density at radius 1 is 1.22 bits per heavy atom. The normalized spacial score (nSPS) is 14.2. The number of hydrogen-bond acceptors (Lipinski definition) is 6. The minimum Gasteiger partial charge on any atom is -0.360 e. The summed E-state index contributed by atoms with van der Waals surface area (Å²) < 4.78 is 32.0. The van der Waals surface area contributed by atoms with Crippen molar-refractivity contribution in [2.24, 2.45) is 0 Å². The summed E-state index contributed by atoms with van der Waals surface area (Å²) >= 11 is 0. The number of carbonyl (C=O) groups excluding carboxylic acids is 2. The van der Waals surface area contributed by atoms with Gasteiger partial charge in [-0.25, -0.2) is 8.42 Å². The molecule has 27 heavy (non-hydrogen) atoms. The second kappa shape index (κ2) is 7.49. The van der Waals surface area contributed by atoms with Crippen LogP contribution in [0.1, 0.15) is 25.5 Å². The van der Waals surface area contributed by atoms with E-state index in [0.29, 0.717) is 24.3 Å². The highest BCUT2D eigenvalue weighted by Crippen LogP contribution is 2.32. The standard InChI is InChI=1S/C17H20N4O5S/c1-11-9-16(20-26-11)19-17(23)10-21(14-5-6-14)27(24,25)15-7-3-13(4-8-15)18-12(2)22/h3-4,7-9,14H,5-6,10H2,1-2H3,(H,18,22)(H,19,20,23). The molecule has 10 heteroatoms. The van der Waals surface area contributed by atoms with Crippen molar-refractivity contribution in [1.29, 1.82) is 0 Å². The summed E-state index contributed by atoms with van der Waals surface area (Å²) in [6, 6.07) is 7.20. The Labute approximate surface area is 156 Å². The van der Waals surface area contributed by atoms with Crippen molar-refractivity contribution in [3.8, 4) is 0 Å². The highest BCUT2D eigenvalue weighted by molar-refractivity contribution is 7.89. The number of nitrogens with zero attached hydrogens (tertiary/aromatic N) is 2. The predicted octanol–water partition coefficient (Wildman–Crippen LogP) is 1.73. The lowest BCUT2D eigenvalue weighted by atomic mass is 10.3. The zero-order chi connectivity index (χ0) is 19.6. The van der Waals surface area contributed by atoms with Crippen LogP contribution in [-0.4, -0.2) is 42.3 Å². The lowest BCUT2D eigenvalue weighted by molar-refractivity contribution is -0.116. The van der Waals surface area contributed by atoms with Crippen LogP contribution in [0.2, 0.25) is 0 Å². The molecule has 9 nitrogen and oxygen atoms in total. The van der Waals surface area contributed by atoms with E-state index in [9.17, 15) is 18.0 Å². The second-order valence-electron chi connectivity index (χ2n) is 6.36. The van der Waals surface area contributed by atoms with Gasteiger partial charge in [0.2, 0.25) is 21.8 Å². The third kappa shape index (κ3) is 4.72. The van der Waals surface area contributed by atoms with Gasteiger partial charge in [0.1, 0.15) is 5.76 Å². The molecule has 2 N–H and O–H groups in total. The maximum Gasteiger partial charge on any atom is 0.243 e. The van der Waals surface area contributed by atoms with Crippen molar-refractivity contribution in [2.75, 3.05) is 17.2 Å². The van der Waals surface area contributed by atoms with Gasteiger partial charge in [-0.3, -0.25) is 9.59 Å². The number of nitrogens with one attached hydrogen (secondary N) is 2. The van der Waals surface area contributed by atoms with E-state index in [1.54, 1.807) is 13.0 Å². The molecule has 0 bridgehead atoms. The first-order valence-electron chi connectivity index (χ1n) is 8.38. The van der Waals surface area contributed by atoms with Gasteiger partial charge in [-0.2, -0.15) is 4.31 Å². The van der Waals surface area contributed by atoms with Crippen molar-refractivity contribution in [3.05, 3.63) is 36.1 Å². The van der Waals surface area contributed by atoms with Gasteiger partial charge in [0.05, 0.1) is 11.4 Å². The third-order valence-electron chi connectivity index (χ3n) is 3.93. The van der Waals surface area contributed by atoms with Crippen LogP contribution in [0.5, 0.6) is 0 Å². The number of anilines is 2. The van der Waals surface area contributed by atoms with Crippen LogP contribution in [-0.2, 0) is 19.6 Å². The minimum atomic E-state index is -3.85. The first-order valence-corrected chi connectivity index (χ1v) is 9.82. The number of rotatable bonds is 7. The molecule has 2 aromatic rings. The first-order chi connectivity index (χ1) is 12.8. The van der Waals surface area contributed by atoms with Crippen LogP contribution in [0.25, 0.3) is 0 Å². The first kappa shape index (κ1) is 19.1. The van der Waals surface area contributed by atoms with Crippen molar-refractivity contribution in [3.63, 3.8) is 0 Å². The van der Waals surface area contributed by atoms with E-state index in [1.165, 1.54) is 35.5 Å². The van der Waals surface area contributed by atoms with Gasteiger partial charge in [0, 0.05) is 24.7 Å². The maximum atomic E-state index is 13.0. The SMILES string of the molecule is CC(=O)Nc1ccc(S(=O)(=O)N(CC(=O)Nc2cc(C)on2)C2CC2)cc1. The highest BCUT2D eigenvalue weighted by atomic mass is 32.2. The molecule has 1 fully saturated rings. The third-order valence-corrected chi connectivity index (χ3v) is 5.84. The zero-order valence-corrected chi connectivity index (χ0v) is 15.7. The predicted molar refractivity (Wildman–Crippen MR) is 97.5 cm³/mol. The van der Waals surface area contributed by atoms with E-state index >= 15 is 0 Å². The van der Waals surface area contributed by atoms with Gasteiger partial charge in [-0.05, 0) is 44.0 Å². The average molecular weight is 392 g/mol. The second-order valence-corrected chi connectivity index (χ2v) is 8.25. The molecule has 0 aliphatic heterocycles. The molecule has 144 valence electrons. The van der Waals surface area contributed by atoms with Crippen LogP contribution < -0.4 is 10.6 Å². The Kier molecular flexibility index (Phi) is 5.29. The van der Waals surface area contributed by atoms with Gasteiger partial charge in [-0.1, -0.05) is 5.16 Å². The summed E-state index contributed by atoms with van der Waals surface area (Å²) in [5.41, 5.74) is 0.499. The summed E-state index contributed by atoms with van der Waals surface area (Å²) in [6.07, 6.45) is 1.42. The molecule has 2 amide bonds. The van der Waals surface area contributed by atoms with Crippen LogP contribution in [0.4, 0.5) is 11.5 Å². The number of hydrogen-bond donors (Lipinski definition) is 2. The smallest absolute Gasteiger partial charge is 0.243 e. The molecule has 1 aromatic heterocycles. The summed E-state index contributed by atoms with van der Waals surface area (Å²) in [7, 11) is -3.85. The molecule has 0 atom stereocenters.